The van der Waals surface area contributed by atoms with Crippen molar-refractivity contribution in [2.75, 3.05) is 0 Å². The quantitative estimate of drug-likeness (QED) is 0.273. The Kier molecular flexibility index (Phi) is 17.1. The molecule has 2 saturated carbocycles. The van der Waals surface area contributed by atoms with Crippen LogP contribution in [0.4, 0.5) is 0 Å². The van der Waals surface area contributed by atoms with Crippen molar-refractivity contribution >= 4 is 21.1 Å². The fourth-order valence-electron chi connectivity index (χ4n) is 1.81. The molecule has 13 radical (unpaired) electrons. The Morgan fingerprint density at radius 1 is 0.545 bits per heavy atom. The fraction of sp³-hybridized carbons (Fsp3) is 0.400. The van der Waals surface area contributed by atoms with Crippen LogP contribution >= 0.6 is 0 Å². The molecular formula is C20H28SnV. The molecule has 0 aromatic rings. The van der Waals surface area contributed by atoms with E-state index in [1.807, 2.05) is 64.2 Å². The third-order valence-corrected chi connectivity index (χ3v) is 6.25. The Hall–Kier alpha value is 1.38. The number of hydrogen-bond acceptors (Lipinski definition) is 0. The van der Waals surface area contributed by atoms with Crippen LogP contribution in [0.2, 0.25) is 6.86 Å². The maximum atomic E-state index is 2.92. The summed E-state index contributed by atoms with van der Waals surface area (Å²) in [6.07, 6.45) is 25.0. The van der Waals surface area contributed by atoms with Gasteiger partial charge in [-0.1, -0.05) is 25.7 Å². The molecule has 2 heteroatoms. The molecule has 2 aliphatic carbocycles. The standard InChI is InChI=1S/C7H6.C5H4.2C4H9.Sn.V/c1-2-4-6-7-5-3-1;1-2-4-5-3-1;2*1-4(2)3;;/h1-6H;1-4H;2*1-3H3;;/q2*-1;;;+2;. The van der Waals surface area contributed by atoms with Crippen LogP contribution in [0, 0.1) is 77.0 Å². The molecule has 0 aromatic carbocycles. The molecule has 2 aliphatic rings. The SMILES string of the molecule is C[C](C)(C)[Sn+2][C](C)(C)C.[C-]1[CH][CH][CH][CH]1.[C-]1[CH][CH][CH][CH][CH][CH]1.[V]. The molecule has 117 valence electrons. The average Bonchev–Trinajstić information content (AvgIpc) is 2.73. The first-order valence-corrected chi connectivity index (χ1v) is 10.2. The summed E-state index contributed by atoms with van der Waals surface area (Å²) >= 11 is -0.182. The predicted molar refractivity (Wildman–Crippen MR) is 94.7 cm³/mol. The molecule has 0 atom stereocenters. The Bertz CT molecular complexity index is 182. The van der Waals surface area contributed by atoms with E-state index in [2.05, 4.69) is 54.4 Å². The summed E-state index contributed by atoms with van der Waals surface area (Å²) in [5.74, 6) is 0. The van der Waals surface area contributed by atoms with E-state index in [0.717, 1.165) is 0 Å². The second kappa shape index (κ2) is 14.7. The van der Waals surface area contributed by atoms with Gasteiger partial charge in [-0.2, -0.15) is 0 Å². The third-order valence-electron chi connectivity index (χ3n) is 1.96. The minimum atomic E-state index is -0.182. The van der Waals surface area contributed by atoms with E-state index in [9.17, 15) is 0 Å². The van der Waals surface area contributed by atoms with Gasteiger partial charge < -0.3 is 12.8 Å². The monoisotopic (exact) mass is 439 g/mol. The predicted octanol–water partition coefficient (Wildman–Crippen LogP) is 5.33. The maximum Gasteiger partial charge on any atom is 0 e. The van der Waals surface area contributed by atoms with Gasteiger partial charge in [-0.25, -0.2) is 25.7 Å². The van der Waals surface area contributed by atoms with Crippen molar-refractivity contribution in [2.24, 2.45) is 0 Å². The zero-order valence-electron chi connectivity index (χ0n) is 14.7. The van der Waals surface area contributed by atoms with Crippen LogP contribution in [0.3, 0.4) is 0 Å². The molecule has 0 aromatic heterocycles. The summed E-state index contributed by atoms with van der Waals surface area (Å²) in [5, 5.41) is 0. The smallest absolute Gasteiger partial charge is 0 e. The zero-order chi connectivity index (χ0) is 16.2. The summed E-state index contributed by atoms with van der Waals surface area (Å²) < 4.78 is 1.31. The first-order valence-electron chi connectivity index (χ1n) is 7.32. The van der Waals surface area contributed by atoms with Crippen molar-refractivity contribution in [1.82, 2.24) is 0 Å². The van der Waals surface area contributed by atoms with E-state index in [4.69, 9.17) is 0 Å². The van der Waals surface area contributed by atoms with Crippen LogP contribution in [-0.2, 0) is 18.6 Å². The zero-order valence-corrected chi connectivity index (χ0v) is 19.0. The van der Waals surface area contributed by atoms with E-state index in [0.29, 0.717) is 6.86 Å². The van der Waals surface area contributed by atoms with Gasteiger partial charge >= 0.3 is 69.5 Å². The first kappa shape index (κ1) is 25.6. The topological polar surface area (TPSA) is 0 Å². The van der Waals surface area contributed by atoms with Crippen molar-refractivity contribution in [3.05, 3.63) is 77.0 Å². The number of rotatable bonds is 0. The van der Waals surface area contributed by atoms with Crippen LogP contribution < -0.4 is 0 Å². The van der Waals surface area contributed by atoms with Crippen molar-refractivity contribution in [3.63, 3.8) is 0 Å². The molecule has 0 heterocycles. The molecule has 0 unspecified atom stereocenters. The molecule has 0 N–H and O–H groups in total. The van der Waals surface area contributed by atoms with Gasteiger partial charge in [0.1, 0.15) is 0 Å². The van der Waals surface area contributed by atoms with Gasteiger partial charge in [0.2, 0.25) is 0 Å². The van der Waals surface area contributed by atoms with E-state index >= 15 is 0 Å². The first-order chi connectivity index (χ1) is 9.71. The Morgan fingerprint density at radius 2 is 0.818 bits per heavy atom. The Labute approximate surface area is 164 Å². The molecule has 0 spiro atoms. The van der Waals surface area contributed by atoms with Gasteiger partial charge in [-0.15, -0.1) is 0 Å². The molecule has 0 bridgehead atoms. The molecule has 0 aliphatic heterocycles. The largest absolute Gasteiger partial charge is 0.474 e. The molecule has 2 fully saturated rings. The molecule has 0 amide bonds. The van der Waals surface area contributed by atoms with Crippen LogP contribution in [0.1, 0.15) is 41.5 Å². The minimum absolute atomic E-state index is 0. The van der Waals surface area contributed by atoms with Crippen LogP contribution in [0.15, 0.2) is 0 Å². The van der Waals surface area contributed by atoms with Crippen LogP contribution in [0.25, 0.3) is 0 Å². The summed E-state index contributed by atoms with van der Waals surface area (Å²) in [6, 6.07) is 0. The van der Waals surface area contributed by atoms with Crippen LogP contribution in [-0.4, -0.2) is 21.1 Å². The molecule has 0 saturated heterocycles. The normalized spacial score (nSPS) is 18.5. The van der Waals surface area contributed by atoms with E-state index < -0.39 is 0 Å². The van der Waals surface area contributed by atoms with Gasteiger partial charge in [-0.05, 0) is 12.8 Å². The second-order valence-corrected chi connectivity index (χ2v) is 16.1. The Morgan fingerprint density at radius 3 is 1.05 bits per heavy atom. The van der Waals surface area contributed by atoms with Gasteiger partial charge in [0.05, 0.1) is 0 Å². The molecule has 0 nitrogen and oxygen atoms in total. The summed E-state index contributed by atoms with van der Waals surface area (Å²) in [6.45, 7) is 14.2. The number of hydrogen-bond donors (Lipinski definition) is 0. The fourth-order valence-corrected chi connectivity index (χ4v) is 8.23. The van der Waals surface area contributed by atoms with Crippen molar-refractivity contribution in [1.29, 1.82) is 0 Å². The summed E-state index contributed by atoms with van der Waals surface area (Å²) in [7, 11) is 0. The molecule has 2 rings (SSSR count). The second-order valence-electron chi connectivity index (χ2n) is 6.78. The molecular weight excluding hydrogens is 410 g/mol. The van der Waals surface area contributed by atoms with E-state index in [1.54, 1.807) is 0 Å². The van der Waals surface area contributed by atoms with Crippen molar-refractivity contribution in [2.45, 2.75) is 48.4 Å². The van der Waals surface area contributed by atoms with Gasteiger partial charge in [0, 0.05) is 18.6 Å². The van der Waals surface area contributed by atoms with Crippen molar-refractivity contribution in [3.8, 4) is 0 Å². The third kappa shape index (κ3) is 23.6. The molecule has 22 heavy (non-hydrogen) atoms. The average molecular weight is 438 g/mol. The summed E-state index contributed by atoms with van der Waals surface area (Å²) in [5.41, 5.74) is 0. The Balaban J connectivity index is 0. The van der Waals surface area contributed by atoms with Gasteiger partial charge in [0.15, 0.2) is 0 Å². The van der Waals surface area contributed by atoms with Gasteiger partial charge in [-0.3, -0.25) is 0 Å². The van der Waals surface area contributed by atoms with E-state index in [1.165, 1.54) is 0 Å². The van der Waals surface area contributed by atoms with Crippen molar-refractivity contribution < 1.29 is 18.6 Å². The van der Waals surface area contributed by atoms with Crippen LogP contribution in [0.5, 0.6) is 0 Å². The summed E-state index contributed by atoms with van der Waals surface area (Å²) in [4.78, 5) is 0. The van der Waals surface area contributed by atoms with E-state index in [-0.39, 0.29) is 39.7 Å². The van der Waals surface area contributed by atoms with Gasteiger partial charge in [0.25, 0.3) is 0 Å². The minimum Gasteiger partial charge on any atom is -0.474 e. The maximum absolute atomic E-state index is 2.92.